The van der Waals surface area contributed by atoms with E-state index in [0.717, 1.165) is 18.5 Å². The predicted molar refractivity (Wildman–Crippen MR) is 64.7 cm³/mol. The fraction of sp³-hybridized carbons (Fsp3) is 0.333. The molecule has 0 aromatic heterocycles. The van der Waals surface area contributed by atoms with E-state index < -0.39 is 11.8 Å². The summed E-state index contributed by atoms with van der Waals surface area (Å²) in [4.78, 5) is 22.3. The van der Waals surface area contributed by atoms with Crippen molar-refractivity contribution in [2.75, 3.05) is 5.32 Å². The molecule has 5 N–H and O–H groups in total. The van der Waals surface area contributed by atoms with Gasteiger partial charge in [0, 0.05) is 22.9 Å². The van der Waals surface area contributed by atoms with Gasteiger partial charge in [-0.05, 0) is 37.5 Å². The maximum absolute atomic E-state index is 11.1. The first-order valence-corrected chi connectivity index (χ1v) is 5.57. The standard InChI is InChI=1S/C12H15N3O2/c13-11(16)7-4-8(12(14)17)6-10(5-7)15-9-2-1-3-9/h4-6,9,15H,1-3H2,(H2,13,16)(H2,14,17). The van der Waals surface area contributed by atoms with Crippen LogP contribution in [0.1, 0.15) is 40.0 Å². The summed E-state index contributed by atoms with van der Waals surface area (Å²) in [7, 11) is 0. The van der Waals surface area contributed by atoms with Crippen LogP contribution in [0.25, 0.3) is 0 Å². The van der Waals surface area contributed by atoms with Crippen LogP contribution in [0.3, 0.4) is 0 Å². The van der Waals surface area contributed by atoms with Gasteiger partial charge < -0.3 is 16.8 Å². The van der Waals surface area contributed by atoms with Crippen LogP contribution >= 0.6 is 0 Å². The first-order valence-electron chi connectivity index (χ1n) is 5.57. The van der Waals surface area contributed by atoms with Crippen LogP contribution in [-0.4, -0.2) is 17.9 Å². The Morgan fingerprint density at radius 1 is 1.06 bits per heavy atom. The average molecular weight is 233 g/mol. The van der Waals surface area contributed by atoms with Gasteiger partial charge in [-0.25, -0.2) is 0 Å². The molecule has 0 aliphatic heterocycles. The second kappa shape index (κ2) is 4.45. The minimum Gasteiger partial charge on any atom is -0.382 e. The summed E-state index contributed by atoms with van der Waals surface area (Å²) in [6, 6.07) is 5.12. The molecule has 1 fully saturated rings. The molecule has 1 aliphatic carbocycles. The van der Waals surface area contributed by atoms with E-state index in [1.54, 1.807) is 12.1 Å². The van der Waals surface area contributed by atoms with Gasteiger partial charge in [0.1, 0.15) is 0 Å². The molecule has 1 aromatic carbocycles. The fourth-order valence-corrected chi connectivity index (χ4v) is 1.78. The number of hydrogen-bond acceptors (Lipinski definition) is 3. The number of nitrogens with one attached hydrogen (secondary N) is 1. The van der Waals surface area contributed by atoms with Crippen LogP contribution in [0, 0.1) is 0 Å². The molecule has 1 aliphatic rings. The SMILES string of the molecule is NC(=O)c1cc(NC2CCC2)cc(C(N)=O)c1. The van der Waals surface area contributed by atoms with E-state index in [2.05, 4.69) is 5.32 Å². The van der Waals surface area contributed by atoms with Gasteiger partial charge in [0.25, 0.3) is 0 Å². The van der Waals surface area contributed by atoms with Crippen molar-refractivity contribution in [3.63, 3.8) is 0 Å². The van der Waals surface area contributed by atoms with Gasteiger partial charge in [0.05, 0.1) is 0 Å². The molecule has 5 heteroatoms. The molecule has 0 unspecified atom stereocenters. The van der Waals surface area contributed by atoms with E-state index in [4.69, 9.17) is 11.5 Å². The molecule has 1 saturated carbocycles. The first kappa shape index (κ1) is 11.4. The normalized spacial score (nSPS) is 15.1. The minimum atomic E-state index is -0.565. The second-order valence-corrected chi connectivity index (χ2v) is 4.30. The summed E-state index contributed by atoms with van der Waals surface area (Å²) in [5, 5.41) is 3.25. The third-order valence-corrected chi connectivity index (χ3v) is 2.98. The minimum absolute atomic E-state index is 0.295. The lowest BCUT2D eigenvalue weighted by Crippen LogP contribution is -2.27. The number of benzene rings is 1. The third kappa shape index (κ3) is 2.55. The van der Waals surface area contributed by atoms with Crippen molar-refractivity contribution in [1.29, 1.82) is 0 Å². The van der Waals surface area contributed by atoms with Crippen LogP contribution in [-0.2, 0) is 0 Å². The number of rotatable bonds is 4. The highest BCUT2D eigenvalue weighted by molar-refractivity contribution is 5.99. The number of carbonyl (C=O) groups is 2. The summed E-state index contributed by atoms with van der Waals surface area (Å²) >= 11 is 0. The average Bonchev–Trinajstić information content (AvgIpc) is 2.23. The summed E-state index contributed by atoms with van der Waals surface area (Å²) < 4.78 is 0. The van der Waals surface area contributed by atoms with E-state index >= 15 is 0 Å². The largest absolute Gasteiger partial charge is 0.382 e. The molecule has 2 amide bonds. The zero-order valence-corrected chi connectivity index (χ0v) is 9.40. The van der Waals surface area contributed by atoms with E-state index in [-0.39, 0.29) is 0 Å². The van der Waals surface area contributed by atoms with Gasteiger partial charge in [0.2, 0.25) is 11.8 Å². The van der Waals surface area contributed by atoms with E-state index in [9.17, 15) is 9.59 Å². The Balaban J connectivity index is 2.29. The van der Waals surface area contributed by atoms with Crippen LogP contribution < -0.4 is 16.8 Å². The predicted octanol–water partition coefficient (Wildman–Crippen LogP) is 0.849. The quantitative estimate of drug-likeness (QED) is 0.718. The molecule has 1 aromatic rings. The summed E-state index contributed by atoms with van der Waals surface area (Å²) in [5.74, 6) is -1.13. The van der Waals surface area contributed by atoms with Gasteiger partial charge >= 0.3 is 0 Å². The van der Waals surface area contributed by atoms with Crippen molar-refractivity contribution < 1.29 is 9.59 Å². The topological polar surface area (TPSA) is 98.2 Å². The summed E-state index contributed by atoms with van der Waals surface area (Å²) in [5.41, 5.74) is 11.7. The Bertz CT molecular complexity index is 435. The van der Waals surface area contributed by atoms with E-state index in [0.29, 0.717) is 17.2 Å². The lowest BCUT2D eigenvalue weighted by atomic mass is 9.92. The molecule has 0 radical (unpaired) electrons. The highest BCUT2D eigenvalue weighted by atomic mass is 16.1. The zero-order valence-electron chi connectivity index (χ0n) is 9.40. The summed E-state index contributed by atoms with van der Waals surface area (Å²) in [6.07, 6.45) is 3.41. The van der Waals surface area contributed by atoms with Crippen LogP contribution in [0.2, 0.25) is 0 Å². The number of carbonyl (C=O) groups excluding carboxylic acids is 2. The first-order chi connectivity index (χ1) is 8.06. The van der Waals surface area contributed by atoms with Crippen LogP contribution in [0.5, 0.6) is 0 Å². The number of nitrogens with two attached hydrogens (primary N) is 2. The molecule has 17 heavy (non-hydrogen) atoms. The Morgan fingerprint density at radius 3 is 1.94 bits per heavy atom. The van der Waals surface area contributed by atoms with Gasteiger partial charge in [-0.15, -0.1) is 0 Å². The maximum Gasteiger partial charge on any atom is 0.248 e. The number of primary amides is 2. The Kier molecular flexibility index (Phi) is 2.99. The third-order valence-electron chi connectivity index (χ3n) is 2.98. The molecule has 0 heterocycles. The summed E-state index contributed by atoms with van der Waals surface area (Å²) in [6.45, 7) is 0. The fourth-order valence-electron chi connectivity index (χ4n) is 1.78. The van der Waals surface area contributed by atoms with E-state index in [1.807, 2.05) is 0 Å². The molecule has 2 rings (SSSR count). The molecule has 0 saturated heterocycles. The van der Waals surface area contributed by atoms with Crippen LogP contribution in [0.4, 0.5) is 5.69 Å². The van der Waals surface area contributed by atoms with Gasteiger partial charge in [0.15, 0.2) is 0 Å². The molecule has 5 nitrogen and oxygen atoms in total. The smallest absolute Gasteiger partial charge is 0.248 e. The molecule has 0 atom stereocenters. The molecule has 90 valence electrons. The van der Waals surface area contributed by atoms with Crippen molar-refractivity contribution in [3.8, 4) is 0 Å². The Labute approximate surface area is 99.2 Å². The molecular weight excluding hydrogens is 218 g/mol. The van der Waals surface area contributed by atoms with Gasteiger partial charge in [-0.3, -0.25) is 9.59 Å². The van der Waals surface area contributed by atoms with E-state index in [1.165, 1.54) is 12.5 Å². The van der Waals surface area contributed by atoms with Gasteiger partial charge in [-0.1, -0.05) is 0 Å². The maximum atomic E-state index is 11.1. The second-order valence-electron chi connectivity index (χ2n) is 4.30. The lowest BCUT2D eigenvalue weighted by Gasteiger charge is -2.27. The van der Waals surface area contributed by atoms with Crippen molar-refractivity contribution >= 4 is 17.5 Å². The van der Waals surface area contributed by atoms with Crippen molar-refractivity contribution in [2.24, 2.45) is 11.5 Å². The van der Waals surface area contributed by atoms with Crippen molar-refractivity contribution in [1.82, 2.24) is 0 Å². The number of amides is 2. The Hall–Kier alpha value is -2.04. The zero-order chi connectivity index (χ0) is 12.4. The Morgan fingerprint density at radius 2 is 1.59 bits per heavy atom. The number of hydrogen-bond donors (Lipinski definition) is 3. The molecule has 0 bridgehead atoms. The highest BCUT2D eigenvalue weighted by Gasteiger charge is 2.18. The monoisotopic (exact) mass is 233 g/mol. The molecular formula is C12H15N3O2. The van der Waals surface area contributed by atoms with Gasteiger partial charge in [-0.2, -0.15) is 0 Å². The highest BCUT2D eigenvalue weighted by Crippen LogP contribution is 2.24. The number of anilines is 1. The van der Waals surface area contributed by atoms with Crippen molar-refractivity contribution in [2.45, 2.75) is 25.3 Å². The van der Waals surface area contributed by atoms with Crippen molar-refractivity contribution in [3.05, 3.63) is 29.3 Å². The van der Waals surface area contributed by atoms with Crippen LogP contribution in [0.15, 0.2) is 18.2 Å². The molecule has 0 spiro atoms. The lowest BCUT2D eigenvalue weighted by molar-refractivity contribution is 0.0999.